The van der Waals surface area contributed by atoms with E-state index >= 15 is 0 Å². The highest BCUT2D eigenvalue weighted by Crippen LogP contribution is 2.38. The Balaban J connectivity index is 2.03. The zero-order chi connectivity index (χ0) is 20.7. The molecular formula is C20H22FNO6. The van der Waals surface area contributed by atoms with Gasteiger partial charge in [-0.1, -0.05) is 6.07 Å². The molecule has 0 aliphatic carbocycles. The first-order valence-corrected chi connectivity index (χ1v) is 8.46. The van der Waals surface area contributed by atoms with Crippen LogP contribution in [0.1, 0.15) is 17.5 Å². The Morgan fingerprint density at radius 3 is 2.18 bits per heavy atom. The molecule has 0 unspecified atom stereocenters. The molecule has 2 aromatic rings. The molecule has 28 heavy (non-hydrogen) atoms. The van der Waals surface area contributed by atoms with Gasteiger partial charge in [0.05, 0.1) is 27.8 Å². The van der Waals surface area contributed by atoms with Crippen molar-refractivity contribution >= 4 is 17.6 Å². The van der Waals surface area contributed by atoms with Gasteiger partial charge in [-0.25, -0.2) is 4.39 Å². The molecule has 7 nitrogen and oxygen atoms in total. The van der Waals surface area contributed by atoms with Gasteiger partial charge in [0.2, 0.25) is 11.7 Å². The molecule has 2 N–H and O–H groups in total. The Hall–Kier alpha value is -3.29. The number of carbonyl (C=O) groups is 2. The molecule has 0 bridgehead atoms. The van der Waals surface area contributed by atoms with Gasteiger partial charge in [-0.05, 0) is 41.8 Å². The number of ether oxygens (including phenoxy) is 3. The fourth-order valence-electron chi connectivity index (χ4n) is 2.69. The van der Waals surface area contributed by atoms with E-state index in [1.165, 1.54) is 33.5 Å². The smallest absolute Gasteiger partial charge is 0.307 e. The summed E-state index contributed by atoms with van der Waals surface area (Å²) in [4.78, 5) is 22.9. The number of carboxylic acids is 1. The van der Waals surface area contributed by atoms with Crippen LogP contribution in [0.25, 0.3) is 0 Å². The Labute approximate surface area is 162 Å². The Kier molecular flexibility index (Phi) is 7.20. The van der Waals surface area contributed by atoms with Gasteiger partial charge >= 0.3 is 5.97 Å². The molecule has 0 saturated carbocycles. The minimum absolute atomic E-state index is 0.0583. The maximum Gasteiger partial charge on any atom is 0.307 e. The lowest BCUT2D eigenvalue weighted by atomic mass is 10.1. The first kappa shape index (κ1) is 21.0. The van der Waals surface area contributed by atoms with Crippen molar-refractivity contribution in [2.45, 2.75) is 19.3 Å². The van der Waals surface area contributed by atoms with Crippen LogP contribution >= 0.6 is 0 Å². The minimum atomic E-state index is -1.12. The number of aliphatic carboxylic acids is 1. The summed E-state index contributed by atoms with van der Waals surface area (Å²) < 4.78 is 29.7. The highest BCUT2D eigenvalue weighted by Gasteiger charge is 2.14. The summed E-state index contributed by atoms with van der Waals surface area (Å²) in [5.41, 5.74) is 1.14. The van der Waals surface area contributed by atoms with Crippen molar-refractivity contribution < 1.29 is 33.3 Å². The topological polar surface area (TPSA) is 94.1 Å². The quantitative estimate of drug-likeness (QED) is 0.682. The van der Waals surface area contributed by atoms with Crippen molar-refractivity contribution in [2.75, 3.05) is 26.6 Å². The Bertz CT molecular complexity index is 843. The van der Waals surface area contributed by atoms with Gasteiger partial charge in [0, 0.05) is 12.1 Å². The first-order valence-electron chi connectivity index (χ1n) is 8.46. The average molecular weight is 391 g/mol. The number of rotatable bonds is 9. The largest absolute Gasteiger partial charge is 0.493 e. The van der Waals surface area contributed by atoms with Crippen LogP contribution in [0, 0.1) is 5.82 Å². The summed E-state index contributed by atoms with van der Waals surface area (Å²) in [5, 5.41) is 11.3. The number of halogens is 1. The number of nitrogens with one attached hydrogen (secondary N) is 1. The van der Waals surface area contributed by atoms with E-state index in [4.69, 9.17) is 19.3 Å². The second-order valence-electron chi connectivity index (χ2n) is 5.96. The molecule has 0 fully saturated rings. The average Bonchev–Trinajstić information content (AvgIpc) is 2.67. The molecule has 150 valence electrons. The predicted octanol–water partition coefficient (Wildman–Crippen LogP) is 3.05. The third-order valence-corrected chi connectivity index (χ3v) is 4.04. The minimum Gasteiger partial charge on any atom is -0.493 e. The molecule has 0 aliphatic heterocycles. The Morgan fingerprint density at radius 1 is 1.04 bits per heavy atom. The zero-order valence-electron chi connectivity index (χ0n) is 15.9. The maximum atomic E-state index is 13.9. The van der Waals surface area contributed by atoms with Crippen LogP contribution < -0.4 is 19.5 Å². The number of hydrogen-bond donors (Lipinski definition) is 2. The number of carboxylic acid groups (broad SMARTS) is 1. The van der Waals surface area contributed by atoms with Crippen molar-refractivity contribution in [1.29, 1.82) is 0 Å². The third-order valence-electron chi connectivity index (χ3n) is 4.04. The standard InChI is InChI=1S/C20H22FNO6/c1-26-16-8-12(9-17(27-2)20(16)28-3)4-7-18(23)22-14-6-5-13(10-19(24)25)15(21)11-14/h5-6,8-9,11H,4,7,10H2,1-3H3,(H,22,23)(H,24,25). The molecular weight excluding hydrogens is 369 g/mol. The molecule has 0 radical (unpaired) electrons. The highest BCUT2D eigenvalue weighted by atomic mass is 19.1. The number of aryl methyl sites for hydroxylation is 1. The summed E-state index contributed by atoms with van der Waals surface area (Å²) in [6.07, 6.45) is 0.139. The van der Waals surface area contributed by atoms with E-state index in [0.29, 0.717) is 23.7 Å². The van der Waals surface area contributed by atoms with Crippen LogP contribution in [-0.4, -0.2) is 38.3 Å². The normalized spacial score (nSPS) is 10.3. The lowest BCUT2D eigenvalue weighted by molar-refractivity contribution is -0.136. The fourth-order valence-corrected chi connectivity index (χ4v) is 2.69. The van der Waals surface area contributed by atoms with Crippen LogP contribution in [0.3, 0.4) is 0 Å². The zero-order valence-corrected chi connectivity index (χ0v) is 15.9. The number of amides is 1. The molecule has 0 atom stereocenters. The van der Waals surface area contributed by atoms with Crippen molar-refractivity contribution in [3.63, 3.8) is 0 Å². The molecule has 0 aromatic heterocycles. The second-order valence-corrected chi connectivity index (χ2v) is 5.96. The van der Waals surface area contributed by atoms with Crippen molar-refractivity contribution in [3.8, 4) is 17.2 Å². The summed E-state index contributed by atoms with van der Waals surface area (Å²) in [6.45, 7) is 0. The summed E-state index contributed by atoms with van der Waals surface area (Å²) >= 11 is 0. The van der Waals surface area contributed by atoms with Crippen LogP contribution in [-0.2, 0) is 22.4 Å². The number of carbonyl (C=O) groups excluding carboxylic acids is 1. The van der Waals surface area contributed by atoms with E-state index in [1.807, 2.05) is 0 Å². The second kappa shape index (κ2) is 9.59. The molecule has 0 aliphatic rings. The SMILES string of the molecule is COc1cc(CCC(=O)Nc2ccc(CC(=O)O)c(F)c2)cc(OC)c1OC. The monoisotopic (exact) mass is 391 g/mol. The van der Waals surface area contributed by atoms with E-state index in [-0.39, 0.29) is 23.6 Å². The van der Waals surface area contributed by atoms with E-state index in [0.717, 1.165) is 11.6 Å². The van der Waals surface area contributed by atoms with E-state index < -0.39 is 18.2 Å². The predicted molar refractivity (Wildman–Crippen MR) is 101 cm³/mol. The van der Waals surface area contributed by atoms with Crippen molar-refractivity contribution in [1.82, 2.24) is 0 Å². The lowest BCUT2D eigenvalue weighted by Crippen LogP contribution is -2.13. The maximum absolute atomic E-state index is 13.9. The van der Waals surface area contributed by atoms with E-state index in [9.17, 15) is 14.0 Å². The number of benzene rings is 2. The van der Waals surface area contributed by atoms with Crippen LogP contribution in [0.4, 0.5) is 10.1 Å². The number of anilines is 1. The van der Waals surface area contributed by atoms with Crippen LogP contribution in [0.2, 0.25) is 0 Å². The molecule has 0 heterocycles. The van der Waals surface area contributed by atoms with Gasteiger partial charge in [0.15, 0.2) is 11.5 Å². The van der Waals surface area contributed by atoms with Gasteiger partial charge < -0.3 is 24.6 Å². The third kappa shape index (κ3) is 5.35. The van der Waals surface area contributed by atoms with Gasteiger partial charge in [-0.3, -0.25) is 9.59 Å². The molecule has 0 spiro atoms. The summed E-state index contributed by atoms with van der Waals surface area (Å²) in [7, 11) is 4.53. The molecule has 2 aromatic carbocycles. The molecule has 1 amide bonds. The highest BCUT2D eigenvalue weighted by molar-refractivity contribution is 5.91. The lowest BCUT2D eigenvalue weighted by Gasteiger charge is -2.14. The van der Waals surface area contributed by atoms with Gasteiger partial charge in [-0.2, -0.15) is 0 Å². The Morgan fingerprint density at radius 2 is 1.68 bits per heavy atom. The molecule has 0 saturated heterocycles. The fraction of sp³-hybridized carbons (Fsp3) is 0.300. The summed E-state index contributed by atoms with van der Waals surface area (Å²) in [5.74, 6) is -0.651. The van der Waals surface area contributed by atoms with Crippen molar-refractivity contribution in [2.24, 2.45) is 0 Å². The number of hydrogen-bond acceptors (Lipinski definition) is 5. The van der Waals surface area contributed by atoms with Gasteiger partial charge in [0.25, 0.3) is 0 Å². The van der Waals surface area contributed by atoms with Crippen LogP contribution in [0.15, 0.2) is 30.3 Å². The van der Waals surface area contributed by atoms with Crippen LogP contribution in [0.5, 0.6) is 17.2 Å². The van der Waals surface area contributed by atoms with Gasteiger partial charge in [-0.15, -0.1) is 0 Å². The molecule has 8 heteroatoms. The van der Waals surface area contributed by atoms with Crippen molar-refractivity contribution in [3.05, 3.63) is 47.3 Å². The molecule has 2 rings (SSSR count). The van der Waals surface area contributed by atoms with E-state index in [1.54, 1.807) is 12.1 Å². The van der Waals surface area contributed by atoms with Gasteiger partial charge in [0.1, 0.15) is 5.82 Å². The van der Waals surface area contributed by atoms with E-state index in [2.05, 4.69) is 5.32 Å². The summed E-state index contributed by atoms with van der Waals surface area (Å²) in [6, 6.07) is 7.44. The number of methoxy groups -OCH3 is 3. The first-order chi connectivity index (χ1) is 13.4.